The first-order valence-electron chi connectivity index (χ1n) is 2.28. The fourth-order valence-corrected chi connectivity index (χ4v) is 0.539. The second-order valence-corrected chi connectivity index (χ2v) is 2.09. The van der Waals surface area contributed by atoms with E-state index in [0.29, 0.717) is 10.4 Å². The predicted molar refractivity (Wildman–Crippen MR) is 33.4 cm³/mol. The fourth-order valence-electron chi connectivity index (χ4n) is 0.357. The van der Waals surface area contributed by atoms with Gasteiger partial charge in [0.2, 0.25) is 4.73 Å². The lowest BCUT2D eigenvalue weighted by molar-refractivity contribution is 0.274. The topological polar surface area (TPSA) is 58.9 Å². The van der Waals surface area contributed by atoms with Crippen molar-refractivity contribution < 1.29 is 5.11 Å². The van der Waals surface area contributed by atoms with E-state index in [1.807, 2.05) is 0 Å². The molecule has 48 valence electrons. The van der Waals surface area contributed by atoms with Crippen molar-refractivity contribution in [1.82, 2.24) is 15.2 Å². The molecule has 0 spiro atoms. The fraction of sp³-hybridized carbons (Fsp3) is 0.250. The Kier molecular flexibility index (Phi) is 2.07. The highest BCUT2D eigenvalue weighted by atomic mass is 79.9. The molecule has 1 rings (SSSR count). The van der Waals surface area contributed by atoms with Crippen LogP contribution >= 0.6 is 15.9 Å². The molecule has 0 saturated carbocycles. The molecule has 1 heterocycles. The van der Waals surface area contributed by atoms with Gasteiger partial charge in [0.15, 0.2) is 0 Å². The monoisotopic (exact) mass is 189 g/mol. The maximum absolute atomic E-state index is 8.47. The first-order valence-corrected chi connectivity index (χ1v) is 3.07. The Morgan fingerprint density at radius 2 is 2.33 bits per heavy atom. The number of rotatable bonds is 1. The van der Waals surface area contributed by atoms with E-state index in [-0.39, 0.29) is 6.61 Å². The Labute approximate surface area is 60.1 Å². The van der Waals surface area contributed by atoms with Crippen LogP contribution in [0.3, 0.4) is 0 Å². The van der Waals surface area contributed by atoms with Gasteiger partial charge in [-0.3, -0.25) is 0 Å². The molecule has 0 fully saturated rings. The van der Waals surface area contributed by atoms with E-state index < -0.39 is 0 Å². The van der Waals surface area contributed by atoms with Crippen LogP contribution in [-0.2, 0) is 6.61 Å². The van der Waals surface area contributed by atoms with Gasteiger partial charge in [-0.05, 0) is 15.9 Å². The van der Waals surface area contributed by atoms with Gasteiger partial charge in [0.25, 0.3) is 0 Å². The van der Waals surface area contributed by atoms with Crippen molar-refractivity contribution in [3.05, 3.63) is 16.6 Å². The number of nitrogens with zero attached hydrogens (tertiary/aromatic N) is 3. The minimum atomic E-state index is -0.118. The van der Waals surface area contributed by atoms with Gasteiger partial charge >= 0.3 is 0 Å². The van der Waals surface area contributed by atoms with Crippen LogP contribution in [0.1, 0.15) is 5.69 Å². The van der Waals surface area contributed by atoms with Crippen molar-refractivity contribution in [3.8, 4) is 0 Å². The zero-order valence-corrected chi connectivity index (χ0v) is 6.04. The predicted octanol–water partition coefficient (Wildman–Crippen LogP) is 0.126. The minimum Gasteiger partial charge on any atom is -0.390 e. The van der Waals surface area contributed by atoms with E-state index in [4.69, 9.17) is 5.11 Å². The van der Waals surface area contributed by atoms with Crippen molar-refractivity contribution in [2.75, 3.05) is 0 Å². The van der Waals surface area contributed by atoms with E-state index in [9.17, 15) is 0 Å². The molecule has 4 nitrogen and oxygen atoms in total. The highest BCUT2D eigenvalue weighted by Crippen LogP contribution is 1.97. The van der Waals surface area contributed by atoms with Crippen molar-refractivity contribution in [2.24, 2.45) is 0 Å². The average Bonchev–Trinajstić information content (AvgIpc) is 1.90. The number of aliphatic hydroxyl groups is 1. The summed E-state index contributed by atoms with van der Waals surface area (Å²) in [5, 5.41) is 15.6. The van der Waals surface area contributed by atoms with Crippen molar-refractivity contribution in [1.29, 1.82) is 0 Å². The second-order valence-electron chi connectivity index (χ2n) is 1.38. The third-order valence-electron chi connectivity index (χ3n) is 0.743. The smallest absolute Gasteiger partial charge is 0.217 e. The van der Waals surface area contributed by atoms with Crippen LogP contribution in [0.4, 0.5) is 0 Å². The number of aromatic nitrogens is 3. The maximum Gasteiger partial charge on any atom is 0.217 e. The lowest BCUT2D eigenvalue weighted by Crippen LogP contribution is -1.93. The molecule has 0 aliphatic heterocycles. The number of hydrogen-bond acceptors (Lipinski definition) is 4. The number of halogens is 1. The Balaban J connectivity index is 2.88. The molecule has 0 aromatic carbocycles. The molecule has 0 atom stereocenters. The van der Waals surface area contributed by atoms with Crippen LogP contribution in [0.5, 0.6) is 0 Å². The summed E-state index contributed by atoms with van der Waals surface area (Å²) in [6.45, 7) is -0.118. The summed E-state index contributed by atoms with van der Waals surface area (Å²) in [5.41, 5.74) is 0.471. The minimum absolute atomic E-state index is 0.118. The van der Waals surface area contributed by atoms with Gasteiger partial charge in [-0.1, -0.05) is 0 Å². The molecule has 0 aliphatic rings. The van der Waals surface area contributed by atoms with Gasteiger partial charge < -0.3 is 5.11 Å². The maximum atomic E-state index is 8.47. The third-order valence-corrected chi connectivity index (χ3v) is 1.11. The van der Waals surface area contributed by atoms with Crippen molar-refractivity contribution >= 4 is 15.9 Å². The number of aliphatic hydroxyl groups excluding tert-OH is 1. The van der Waals surface area contributed by atoms with Crippen LogP contribution in [0.15, 0.2) is 10.9 Å². The first kappa shape index (κ1) is 6.57. The molecule has 0 bridgehead atoms. The van der Waals surface area contributed by atoms with Crippen LogP contribution in [0, 0.1) is 0 Å². The SMILES string of the molecule is OCc1cnc(Br)nn1. The van der Waals surface area contributed by atoms with Crippen molar-refractivity contribution in [2.45, 2.75) is 6.61 Å². The van der Waals surface area contributed by atoms with Gasteiger partial charge in [-0.2, -0.15) is 0 Å². The zero-order chi connectivity index (χ0) is 6.69. The standard InChI is InChI=1S/C4H4BrN3O/c5-4-6-1-3(2-9)7-8-4/h1,9H,2H2. The molecule has 0 radical (unpaired) electrons. The summed E-state index contributed by atoms with van der Waals surface area (Å²) in [5.74, 6) is 0. The molecule has 0 unspecified atom stereocenters. The molecule has 9 heavy (non-hydrogen) atoms. The normalized spacial score (nSPS) is 9.56. The van der Waals surface area contributed by atoms with Crippen LogP contribution < -0.4 is 0 Å². The Morgan fingerprint density at radius 3 is 2.78 bits per heavy atom. The third kappa shape index (κ3) is 1.69. The Morgan fingerprint density at radius 1 is 1.56 bits per heavy atom. The highest BCUT2D eigenvalue weighted by Gasteiger charge is 1.91. The Hall–Kier alpha value is -0.550. The second kappa shape index (κ2) is 2.84. The molecular formula is C4H4BrN3O. The molecule has 1 aromatic rings. The molecule has 5 heteroatoms. The van der Waals surface area contributed by atoms with Crippen LogP contribution in [0.25, 0.3) is 0 Å². The highest BCUT2D eigenvalue weighted by molar-refractivity contribution is 9.10. The van der Waals surface area contributed by atoms with E-state index in [1.54, 1.807) is 0 Å². The van der Waals surface area contributed by atoms with Gasteiger partial charge in [0.1, 0.15) is 5.69 Å². The van der Waals surface area contributed by atoms with Crippen LogP contribution in [-0.4, -0.2) is 20.3 Å². The molecule has 0 saturated heterocycles. The van der Waals surface area contributed by atoms with Gasteiger partial charge in [-0.25, -0.2) is 4.98 Å². The Bertz CT molecular complexity index is 188. The molecule has 1 aromatic heterocycles. The lowest BCUT2D eigenvalue weighted by Gasteiger charge is -1.89. The molecule has 0 amide bonds. The summed E-state index contributed by atoms with van der Waals surface area (Å²) >= 11 is 3.01. The largest absolute Gasteiger partial charge is 0.390 e. The van der Waals surface area contributed by atoms with Crippen LogP contribution in [0.2, 0.25) is 0 Å². The first-order chi connectivity index (χ1) is 4.33. The summed E-state index contributed by atoms with van der Waals surface area (Å²) in [6, 6.07) is 0. The number of hydrogen-bond donors (Lipinski definition) is 1. The summed E-state index contributed by atoms with van der Waals surface area (Å²) in [4.78, 5) is 3.73. The molecule has 0 aliphatic carbocycles. The summed E-state index contributed by atoms with van der Waals surface area (Å²) in [6.07, 6.45) is 1.46. The van der Waals surface area contributed by atoms with E-state index in [0.717, 1.165) is 0 Å². The van der Waals surface area contributed by atoms with Gasteiger partial charge in [-0.15, -0.1) is 10.2 Å². The summed E-state index contributed by atoms with van der Waals surface area (Å²) in [7, 11) is 0. The van der Waals surface area contributed by atoms with Gasteiger partial charge in [0.05, 0.1) is 12.8 Å². The van der Waals surface area contributed by atoms with E-state index in [1.165, 1.54) is 6.20 Å². The average molecular weight is 190 g/mol. The zero-order valence-electron chi connectivity index (χ0n) is 4.45. The van der Waals surface area contributed by atoms with E-state index in [2.05, 4.69) is 31.1 Å². The lowest BCUT2D eigenvalue weighted by atomic mass is 10.5. The summed E-state index contributed by atoms with van der Waals surface area (Å²) < 4.78 is 0.430. The van der Waals surface area contributed by atoms with E-state index >= 15 is 0 Å². The van der Waals surface area contributed by atoms with Gasteiger partial charge in [0, 0.05) is 0 Å². The quantitative estimate of drug-likeness (QED) is 0.683. The molecule has 1 N–H and O–H groups in total. The molecular weight excluding hydrogens is 186 g/mol. The van der Waals surface area contributed by atoms with Crippen molar-refractivity contribution in [3.63, 3.8) is 0 Å².